The minimum Gasteiger partial charge on any atom is -0.390 e. The van der Waals surface area contributed by atoms with Crippen LogP contribution in [0.15, 0.2) is 0 Å². The molecular formula is C9H14O2. The van der Waals surface area contributed by atoms with E-state index in [0.29, 0.717) is 0 Å². The highest BCUT2D eigenvalue weighted by atomic mass is 16.5. The fraction of sp³-hybridized carbons (Fsp3) is 0.778. The summed E-state index contributed by atoms with van der Waals surface area (Å²) in [4.78, 5) is 0. The molecule has 0 aliphatic carbocycles. The van der Waals surface area contributed by atoms with Gasteiger partial charge in [-0.15, -0.1) is 6.42 Å². The van der Waals surface area contributed by atoms with E-state index in [1.54, 1.807) is 6.92 Å². The van der Waals surface area contributed by atoms with Crippen molar-refractivity contribution in [2.45, 2.75) is 44.5 Å². The molecule has 0 radical (unpaired) electrons. The third-order valence-corrected chi connectivity index (χ3v) is 2.38. The normalized spacial score (nSPS) is 40.0. The maximum absolute atomic E-state index is 9.33. The van der Waals surface area contributed by atoms with Crippen molar-refractivity contribution < 1.29 is 9.84 Å². The maximum Gasteiger partial charge on any atom is 0.118 e. The summed E-state index contributed by atoms with van der Waals surface area (Å²) in [5.41, 5.74) is -0.420. The van der Waals surface area contributed by atoms with E-state index in [0.717, 1.165) is 12.8 Å². The third kappa shape index (κ3) is 1.55. The van der Waals surface area contributed by atoms with Crippen LogP contribution in [-0.4, -0.2) is 22.9 Å². The lowest BCUT2D eigenvalue weighted by molar-refractivity contribution is -0.0842. The van der Waals surface area contributed by atoms with Gasteiger partial charge < -0.3 is 9.84 Å². The first-order chi connectivity index (χ1) is 5.08. The number of rotatable bonds is 1. The molecule has 0 aromatic heterocycles. The molecule has 3 atom stereocenters. The minimum atomic E-state index is -0.444. The topological polar surface area (TPSA) is 29.5 Å². The molecule has 1 rings (SSSR count). The van der Waals surface area contributed by atoms with Crippen LogP contribution in [0, 0.1) is 12.3 Å². The quantitative estimate of drug-likeness (QED) is 0.569. The minimum absolute atomic E-state index is 0.102. The van der Waals surface area contributed by atoms with Crippen LogP contribution in [0.2, 0.25) is 0 Å². The molecule has 1 aliphatic heterocycles. The second-order valence-electron chi connectivity index (χ2n) is 3.30. The van der Waals surface area contributed by atoms with Gasteiger partial charge in [0.15, 0.2) is 0 Å². The molecule has 1 heterocycles. The highest BCUT2D eigenvalue weighted by molar-refractivity contribution is 5.02. The van der Waals surface area contributed by atoms with Gasteiger partial charge in [0.2, 0.25) is 0 Å². The molecule has 62 valence electrons. The molecule has 11 heavy (non-hydrogen) atoms. The predicted molar refractivity (Wildman–Crippen MR) is 43.0 cm³/mol. The molecule has 0 aromatic carbocycles. The Bertz CT molecular complexity index is 180. The van der Waals surface area contributed by atoms with Crippen molar-refractivity contribution in [2.75, 3.05) is 0 Å². The van der Waals surface area contributed by atoms with E-state index < -0.39 is 11.7 Å². The van der Waals surface area contributed by atoms with E-state index in [-0.39, 0.29) is 6.10 Å². The second kappa shape index (κ2) is 2.84. The van der Waals surface area contributed by atoms with Crippen molar-refractivity contribution in [3.8, 4) is 12.3 Å². The Morgan fingerprint density at radius 3 is 2.73 bits per heavy atom. The van der Waals surface area contributed by atoms with Gasteiger partial charge in [-0.2, -0.15) is 0 Å². The van der Waals surface area contributed by atoms with Gasteiger partial charge in [0.05, 0.1) is 11.7 Å². The van der Waals surface area contributed by atoms with Crippen molar-refractivity contribution in [3.05, 3.63) is 0 Å². The van der Waals surface area contributed by atoms with Crippen LogP contribution in [0.1, 0.15) is 26.7 Å². The molecule has 0 aromatic rings. The Balaban J connectivity index is 2.59. The summed E-state index contributed by atoms with van der Waals surface area (Å²) in [6.45, 7) is 3.63. The molecule has 3 unspecified atom stereocenters. The van der Waals surface area contributed by atoms with Gasteiger partial charge in [-0.25, -0.2) is 0 Å². The van der Waals surface area contributed by atoms with Gasteiger partial charge >= 0.3 is 0 Å². The van der Waals surface area contributed by atoms with Gasteiger partial charge in [0, 0.05) is 0 Å². The van der Waals surface area contributed by atoms with Crippen LogP contribution < -0.4 is 0 Å². The molecule has 2 nitrogen and oxygen atoms in total. The number of aliphatic hydroxyl groups is 1. The molecule has 0 bridgehead atoms. The first kappa shape index (κ1) is 8.58. The second-order valence-corrected chi connectivity index (χ2v) is 3.30. The monoisotopic (exact) mass is 154 g/mol. The number of ether oxygens (including phenoxy) is 1. The maximum atomic E-state index is 9.33. The lowest BCUT2D eigenvalue weighted by Gasteiger charge is -2.26. The van der Waals surface area contributed by atoms with Crippen LogP contribution in [-0.2, 0) is 4.74 Å². The van der Waals surface area contributed by atoms with E-state index >= 15 is 0 Å². The fourth-order valence-electron chi connectivity index (χ4n) is 1.29. The highest BCUT2D eigenvalue weighted by Gasteiger charge is 2.39. The van der Waals surface area contributed by atoms with Gasteiger partial charge in [-0.05, 0) is 26.7 Å². The van der Waals surface area contributed by atoms with E-state index in [9.17, 15) is 5.11 Å². The van der Waals surface area contributed by atoms with Crippen molar-refractivity contribution >= 4 is 0 Å². The third-order valence-electron chi connectivity index (χ3n) is 2.38. The molecule has 0 saturated carbocycles. The van der Waals surface area contributed by atoms with E-state index in [1.165, 1.54) is 0 Å². The van der Waals surface area contributed by atoms with Crippen LogP contribution in [0.5, 0.6) is 0 Å². The summed E-state index contributed by atoms with van der Waals surface area (Å²) in [6, 6.07) is 0. The van der Waals surface area contributed by atoms with Crippen LogP contribution >= 0.6 is 0 Å². The number of hydrogen-bond acceptors (Lipinski definition) is 2. The molecule has 1 saturated heterocycles. The highest BCUT2D eigenvalue weighted by Crippen LogP contribution is 2.32. The summed E-state index contributed by atoms with van der Waals surface area (Å²) < 4.78 is 5.47. The SMILES string of the molecule is C#CC1CCC(C)(C(C)O)O1. The van der Waals surface area contributed by atoms with Crippen molar-refractivity contribution in [1.82, 2.24) is 0 Å². The summed E-state index contributed by atoms with van der Waals surface area (Å²) in [5.74, 6) is 2.54. The smallest absolute Gasteiger partial charge is 0.118 e. The largest absolute Gasteiger partial charge is 0.390 e. The molecule has 2 heteroatoms. The van der Waals surface area contributed by atoms with Gasteiger partial charge in [0.25, 0.3) is 0 Å². The first-order valence-corrected chi connectivity index (χ1v) is 3.90. The Hall–Kier alpha value is -0.520. The summed E-state index contributed by atoms with van der Waals surface area (Å²) in [5, 5.41) is 9.33. The lowest BCUT2D eigenvalue weighted by atomic mass is 9.97. The van der Waals surface area contributed by atoms with E-state index in [1.807, 2.05) is 6.92 Å². The summed E-state index contributed by atoms with van der Waals surface area (Å²) in [6.07, 6.45) is 6.36. The zero-order chi connectivity index (χ0) is 8.48. The molecule has 0 spiro atoms. The van der Waals surface area contributed by atoms with Crippen LogP contribution in [0.3, 0.4) is 0 Å². The molecule has 0 amide bonds. The van der Waals surface area contributed by atoms with Gasteiger partial charge in [-0.3, -0.25) is 0 Å². The van der Waals surface area contributed by atoms with Crippen molar-refractivity contribution in [2.24, 2.45) is 0 Å². The average Bonchev–Trinajstić information content (AvgIpc) is 2.33. The molecular weight excluding hydrogens is 140 g/mol. The summed E-state index contributed by atoms with van der Waals surface area (Å²) >= 11 is 0. The van der Waals surface area contributed by atoms with E-state index in [2.05, 4.69) is 5.92 Å². The lowest BCUT2D eigenvalue weighted by Crippen LogP contribution is -2.37. The zero-order valence-corrected chi connectivity index (χ0v) is 7.00. The standard InChI is InChI=1S/C9H14O2/c1-4-8-5-6-9(3,11-8)7(2)10/h1,7-8,10H,5-6H2,2-3H3. The Morgan fingerprint density at radius 1 is 1.82 bits per heavy atom. The Labute approximate surface area is 67.6 Å². The van der Waals surface area contributed by atoms with E-state index in [4.69, 9.17) is 11.2 Å². The van der Waals surface area contributed by atoms with Crippen LogP contribution in [0.4, 0.5) is 0 Å². The number of terminal acetylenes is 1. The zero-order valence-electron chi connectivity index (χ0n) is 7.00. The first-order valence-electron chi connectivity index (χ1n) is 3.90. The summed E-state index contributed by atoms with van der Waals surface area (Å²) in [7, 11) is 0. The van der Waals surface area contributed by atoms with Crippen molar-refractivity contribution in [3.63, 3.8) is 0 Å². The van der Waals surface area contributed by atoms with Gasteiger partial charge in [0.1, 0.15) is 6.10 Å². The van der Waals surface area contributed by atoms with Gasteiger partial charge in [-0.1, -0.05) is 5.92 Å². The number of aliphatic hydroxyl groups excluding tert-OH is 1. The Kier molecular flexibility index (Phi) is 2.22. The van der Waals surface area contributed by atoms with Crippen LogP contribution in [0.25, 0.3) is 0 Å². The average molecular weight is 154 g/mol. The predicted octanol–water partition coefficient (Wildman–Crippen LogP) is 0.938. The molecule has 1 aliphatic rings. The number of hydrogen-bond donors (Lipinski definition) is 1. The molecule has 1 N–H and O–H groups in total. The Morgan fingerprint density at radius 2 is 2.45 bits per heavy atom. The fourth-order valence-corrected chi connectivity index (χ4v) is 1.29. The molecule has 1 fully saturated rings. The van der Waals surface area contributed by atoms with Crippen molar-refractivity contribution in [1.29, 1.82) is 0 Å².